The fraction of sp³-hybridized carbons (Fsp3) is 0.684. The molecule has 0 N–H and O–H groups in total. The summed E-state index contributed by atoms with van der Waals surface area (Å²) >= 11 is 0. The lowest BCUT2D eigenvalue weighted by atomic mass is 9.79. The highest BCUT2D eigenvalue weighted by atomic mass is 19.1. The maximum atomic E-state index is 14.8. The molecule has 4 nitrogen and oxygen atoms in total. The third kappa shape index (κ3) is 3.57. The van der Waals surface area contributed by atoms with Crippen LogP contribution in [0.15, 0.2) is 18.2 Å². The molecule has 0 unspecified atom stereocenters. The summed E-state index contributed by atoms with van der Waals surface area (Å²) in [6.45, 7) is 9.80. The molecule has 0 atom stereocenters. The van der Waals surface area contributed by atoms with Crippen LogP contribution in [0.2, 0.25) is 0 Å². The van der Waals surface area contributed by atoms with Gasteiger partial charge in [0.15, 0.2) is 0 Å². The van der Waals surface area contributed by atoms with Crippen LogP contribution in [0.3, 0.4) is 0 Å². The second kappa shape index (κ2) is 6.56. The average molecular weight is 348 g/mol. The van der Waals surface area contributed by atoms with E-state index < -0.39 is 18.3 Å². The third-order valence-corrected chi connectivity index (χ3v) is 6.03. The highest BCUT2D eigenvalue weighted by molar-refractivity contribution is 6.62. The van der Waals surface area contributed by atoms with Gasteiger partial charge >= 0.3 is 7.12 Å². The van der Waals surface area contributed by atoms with Gasteiger partial charge in [0.1, 0.15) is 5.82 Å². The standard InChI is InChI=1S/C19H30BFN2O2/c1-18(2)19(3,4)25-20(24-18)14-7-8-17(16(21)13-14)23-11-9-15(10-12-23)22(5)6/h7-8,13,15H,9-12H2,1-6H3. The van der Waals surface area contributed by atoms with E-state index in [1.165, 1.54) is 0 Å². The number of anilines is 1. The van der Waals surface area contributed by atoms with Crippen molar-refractivity contribution >= 4 is 18.3 Å². The minimum absolute atomic E-state index is 0.199. The third-order valence-electron chi connectivity index (χ3n) is 6.03. The molecule has 6 heteroatoms. The van der Waals surface area contributed by atoms with E-state index in [2.05, 4.69) is 23.9 Å². The fourth-order valence-electron chi connectivity index (χ4n) is 3.53. The van der Waals surface area contributed by atoms with Gasteiger partial charge in [0.05, 0.1) is 16.9 Å². The summed E-state index contributed by atoms with van der Waals surface area (Å²) in [4.78, 5) is 4.40. The van der Waals surface area contributed by atoms with E-state index in [1.54, 1.807) is 6.07 Å². The average Bonchev–Trinajstić information content (AvgIpc) is 2.75. The van der Waals surface area contributed by atoms with Crippen LogP contribution >= 0.6 is 0 Å². The van der Waals surface area contributed by atoms with E-state index in [-0.39, 0.29) is 5.82 Å². The summed E-state index contributed by atoms with van der Waals surface area (Å²) < 4.78 is 26.8. The molecule has 0 saturated carbocycles. The summed E-state index contributed by atoms with van der Waals surface area (Å²) in [7, 11) is 3.70. The Bertz CT molecular complexity index is 612. The first-order chi connectivity index (χ1) is 11.6. The van der Waals surface area contributed by atoms with E-state index in [4.69, 9.17) is 9.31 Å². The minimum Gasteiger partial charge on any atom is -0.399 e. The Kier molecular flexibility index (Phi) is 4.90. The van der Waals surface area contributed by atoms with Crippen LogP contribution in [0, 0.1) is 5.82 Å². The Morgan fingerprint density at radius 3 is 2.12 bits per heavy atom. The Morgan fingerprint density at radius 2 is 1.64 bits per heavy atom. The van der Waals surface area contributed by atoms with Crippen molar-refractivity contribution in [2.45, 2.75) is 57.8 Å². The van der Waals surface area contributed by atoms with Crippen molar-refractivity contribution in [2.24, 2.45) is 0 Å². The van der Waals surface area contributed by atoms with Gasteiger partial charge in [-0.1, -0.05) is 6.07 Å². The molecule has 2 aliphatic heterocycles. The first-order valence-electron chi connectivity index (χ1n) is 9.17. The first kappa shape index (κ1) is 18.7. The van der Waals surface area contributed by atoms with Crippen molar-refractivity contribution in [1.82, 2.24) is 4.90 Å². The molecule has 0 aliphatic carbocycles. The second-order valence-corrected chi connectivity index (χ2v) is 8.48. The van der Waals surface area contributed by atoms with Gasteiger partial charge in [-0.3, -0.25) is 0 Å². The summed E-state index contributed by atoms with van der Waals surface area (Å²) in [5.41, 5.74) is 0.586. The van der Waals surface area contributed by atoms with Crippen LogP contribution in [0.25, 0.3) is 0 Å². The van der Waals surface area contributed by atoms with Crippen molar-refractivity contribution in [1.29, 1.82) is 0 Å². The highest BCUT2D eigenvalue weighted by Gasteiger charge is 2.51. The second-order valence-electron chi connectivity index (χ2n) is 8.48. The largest absolute Gasteiger partial charge is 0.494 e. The van der Waals surface area contributed by atoms with E-state index in [0.717, 1.165) is 31.4 Å². The number of piperidine rings is 1. The smallest absolute Gasteiger partial charge is 0.399 e. The number of benzene rings is 1. The molecule has 2 aliphatic rings. The van der Waals surface area contributed by atoms with E-state index in [1.807, 2.05) is 39.8 Å². The lowest BCUT2D eigenvalue weighted by Gasteiger charge is -2.36. The molecule has 0 aromatic heterocycles. The maximum absolute atomic E-state index is 14.8. The van der Waals surface area contributed by atoms with Crippen LogP contribution in [0.1, 0.15) is 40.5 Å². The van der Waals surface area contributed by atoms with Gasteiger partial charge in [0.25, 0.3) is 0 Å². The van der Waals surface area contributed by atoms with Crippen molar-refractivity contribution < 1.29 is 13.7 Å². The normalized spacial score (nSPS) is 23.5. The van der Waals surface area contributed by atoms with E-state index >= 15 is 0 Å². The van der Waals surface area contributed by atoms with Crippen molar-refractivity contribution in [3.63, 3.8) is 0 Å². The molecule has 138 valence electrons. The van der Waals surface area contributed by atoms with Crippen LogP contribution < -0.4 is 10.4 Å². The predicted molar refractivity (Wildman–Crippen MR) is 101 cm³/mol. The van der Waals surface area contributed by atoms with Crippen molar-refractivity contribution in [3.8, 4) is 0 Å². The monoisotopic (exact) mass is 348 g/mol. The predicted octanol–water partition coefficient (Wildman–Crippen LogP) is 2.66. The van der Waals surface area contributed by atoms with Gasteiger partial charge < -0.3 is 19.1 Å². The van der Waals surface area contributed by atoms with Crippen LogP contribution in [-0.2, 0) is 9.31 Å². The maximum Gasteiger partial charge on any atom is 0.494 e. The number of hydrogen-bond donors (Lipinski definition) is 0. The molecule has 25 heavy (non-hydrogen) atoms. The molecular weight excluding hydrogens is 318 g/mol. The van der Waals surface area contributed by atoms with Gasteiger partial charge in [-0.25, -0.2) is 4.39 Å². The van der Waals surface area contributed by atoms with Gasteiger partial charge in [-0.15, -0.1) is 0 Å². The van der Waals surface area contributed by atoms with E-state index in [0.29, 0.717) is 11.7 Å². The van der Waals surface area contributed by atoms with Gasteiger partial charge in [0.2, 0.25) is 0 Å². The summed E-state index contributed by atoms with van der Waals surface area (Å²) in [5.74, 6) is -0.199. The Balaban J connectivity index is 1.72. The first-order valence-corrected chi connectivity index (χ1v) is 9.17. The number of nitrogens with zero attached hydrogens (tertiary/aromatic N) is 2. The Hall–Kier alpha value is -1.11. The molecule has 0 amide bonds. The minimum atomic E-state index is -0.520. The molecule has 0 radical (unpaired) electrons. The lowest BCUT2D eigenvalue weighted by Crippen LogP contribution is -2.42. The molecular formula is C19H30BFN2O2. The Morgan fingerprint density at radius 1 is 1.08 bits per heavy atom. The number of hydrogen-bond acceptors (Lipinski definition) is 4. The molecule has 3 rings (SSSR count). The molecule has 1 aromatic rings. The van der Waals surface area contributed by atoms with Gasteiger partial charge in [-0.2, -0.15) is 0 Å². The quantitative estimate of drug-likeness (QED) is 0.784. The zero-order chi connectivity index (χ0) is 18.4. The molecule has 2 saturated heterocycles. The molecule has 0 spiro atoms. The van der Waals surface area contributed by atoms with Crippen molar-refractivity contribution in [3.05, 3.63) is 24.0 Å². The fourth-order valence-corrected chi connectivity index (χ4v) is 3.53. The number of halogens is 1. The summed E-state index contributed by atoms with van der Waals surface area (Å²) in [6.07, 6.45) is 2.12. The van der Waals surface area contributed by atoms with Crippen LogP contribution in [0.5, 0.6) is 0 Å². The molecule has 2 fully saturated rings. The highest BCUT2D eigenvalue weighted by Crippen LogP contribution is 2.36. The Labute approximate surface area is 151 Å². The molecule has 1 aromatic carbocycles. The summed E-state index contributed by atoms with van der Waals surface area (Å²) in [6, 6.07) is 5.95. The number of rotatable bonds is 3. The SMILES string of the molecule is CN(C)C1CCN(c2ccc(B3OC(C)(C)C(C)(C)O3)cc2F)CC1. The summed E-state index contributed by atoms with van der Waals surface area (Å²) in [5, 5.41) is 0. The molecule has 0 bridgehead atoms. The zero-order valence-electron chi connectivity index (χ0n) is 16.3. The zero-order valence-corrected chi connectivity index (χ0v) is 16.3. The van der Waals surface area contributed by atoms with Gasteiger partial charge in [-0.05, 0) is 72.2 Å². The van der Waals surface area contributed by atoms with Crippen LogP contribution in [0.4, 0.5) is 10.1 Å². The van der Waals surface area contributed by atoms with Crippen LogP contribution in [-0.4, -0.2) is 56.4 Å². The van der Waals surface area contributed by atoms with E-state index in [9.17, 15) is 4.39 Å². The van der Waals surface area contributed by atoms with Gasteiger partial charge in [0, 0.05) is 19.1 Å². The molecule has 2 heterocycles. The lowest BCUT2D eigenvalue weighted by molar-refractivity contribution is 0.00578. The topological polar surface area (TPSA) is 24.9 Å². The van der Waals surface area contributed by atoms with Crippen molar-refractivity contribution in [2.75, 3.05) is 32.1 Å².